The van der Waals surface area contributed by atoms with Crippen molar-refractivity contribution in [2.75, 3.05) is 11.9 Å². The largest absolute Gasteiger partial charge is 0.500 e. The van der Waals surface area contributed by atoms with Crippen molar-refractivity contribution in [1.82, 2.24) is 9.97 Å². The SMILES string of the molecule is C[C@H](O)CNc1ncncc1B1OC(C)(C)C(C)(C)O1. The first-order valence-electron chi connectivity index (χ1n) is 6.80. The van der Waals surface area contributed by atoms with E-state index in [2.05, 4.69) is 15.3 Å². The van der Waals surface area contributed by atoms with E-state index in [1.807, 2.05) is 27.7 Å². The molecular formula is C13H22BN3O3. The van der Waals surface area contributed by atoms with Crippen molar-refractivity contribution < 1.29 is 14.4 Å². The molecule has 0 saturated carbocycles. The van der Waals surface area contributed by atoms with Crippen LogP contribution in [0.15, 0.2) is 12.5 Å². The van der Waals surface area contributed by atoms with Crippen molar-refractivity contribution in [3.05, 3.63) is 12.5 Å². The molecule has 2 heterocycles. The lowest BCUT2D eigenvalue weighted by atomic mass is 9.80. The first kappa shape index (κ1) is 15.2. The van der Waals surface area contributed by atoms with E-state index in [1.54, 1.807) is 13.1 Å². The summed E-state index contributed by atoms with van der Waals surface area (Å²) in [5.41, 5.74) is -0.0730. The maximum atomic E-state index is 9.37. The number of nitrogens with one attached hydrogen (secondary N) is 1. The highest BCUT2D eigenvalue weighted by Crippen LogP contribution is 2.36. The van der Waals surface area contributed by atoms with Gasteiger partial charge in [-0.1, -0.05) is 0 Å². The van der Waals surface area contributed by atoms with Gasteiger partial charge in [-0.2, -0.15) is 0 Å². The van der Waals surface area contributed by atoms with Crippen LogP contribution in [0.1, 0.15) is 34.6 Å². The van der Waals surface area contributed by atoms with Gasteiger partial charge in [-0.3, -0.25) is 0 Å². The van der Waals surface area contributed by atoms with Gasteiger partial charge < -0.3 is 19.7 Å². The van der Waals surface area contributed by atoms with E-state index in [1.165, 1.54) is 6.33 Å². The predicted molar refractivity (Wildman–Crippen MR) is 77.9 cm³/mol. The monoisotopic (exact) mass is 279 g/mol. The Morgan fingerprint density at radius 3 is 2.45 bits per heavy atom. The highest BCUT2D eigenvalue weighted by Gasteiger charge is 2.52. The Morgan fingerprint density at radius 1 is 1.30 bits per heavy atom. The van der Waals surface area contributed by atoms with Crippen molar-refractivity contribution in [1.29, 1.82) is 0 Å². The molecule has 0 aliphatic carbocycles. The van der Waals surface area contributed by atoms with Crippen LogP contribution >= 0.6 is 0 Å². The van der Waals surface area contributed by atoms with Crippen LogP contribution in [0.4, 0.5) is 5.82 Å². The standard InChI is InChI=1S/C13H22BN3O3/c1-9(18)6-16-11-10(7-15-8-17-11)14-19-12(2,3)13(4,5)20-14/h7-9,18H,6H2,1-5H3,(H,15,16,17)/t9-/m0/s1. The van der Waals surface area contributed by atoms with Crippen molar-refractivity contribution in [3.63, 3.8) is 0 Å². The third-order valence-corrected chi connectivity index (χ3v) is 3.81. The molecular weight excluding hydrogens is 257 g/mol. The van der Waals surface area contributed by atoms with E-state index < -0.39 is 24.4 Å². The molecule has 1 fully saturated rings. The van der Waals surface area contributed by atoms with E-state index in [9.17, 15) is 5.11 Å². The van der Waals surface area contributed by atoms with Crippen LogP contribution < -0.4 is 10.8 Å². The van der Waals surface area contributed by atoms with Gasteiger partial charge in [-0.15, -0.1) is 0 Å². The van der Waals surface area contributed by atoms with Gasteiger partial charge in [0, 0.05) is 18.2 Å². The summed E-state index contributed by atoms with van der Waals surface area (Å²) in [6.07, 6.45) is 2.68. The Hall–Kier alpha value is -1.18. The summed E-state index contributed by atoms with van der Waals surface area (Å²) in [6, 6.07) is 0. The lowest BCUT2D eigenvalue weighted by molar-refractivity contribution is 0.00578. The highest BCUT2D eigenvalue weighted by atomic mass is 16.7. The summed E-state index contributed by atoms with van der Waals surface area (Å²) in [4.78, 5) is 8.24. The summed E-state index contributed by atoms with van der Waals surface area (Å²) < 4.78 is 12.0. The summed E-state index contributed by atoms with van der Waals surface area (Å²) in [5, 5.41) is 12.5. The van der Waals surface area contributed by atoms with E-state index in [-0.39, 0.29) is 0 Å². The molecule has 2 rings (SSSR count). The molecule has 1 atom stereocenters. The number of anilines is 1. The molecule has 0 spiro atoms. The quantitative estimate of drug-likeness (QED) is 0.785. The molecule has 20 heavy (non-hydrogen) atoms. The van der Waals surface area contributed by atoms with Gasteiger partial charge in [0.25, 0.3) is 0 Å². The Kier molecular flexibility index (Phi) is 4.04. The number of aliphatic hydroxyl groups is 1. The molecule has 2 N–H and O–H groups in total. The van der Waals surface area contributed by atoms with Crippen LogP contribution in [0.3, 0.4) is 0 Å². The maximum Gasteiger partial charge on any atom is 0.500 e. The number of nitrogens with zero attached hydrogens (tertiary/aromatic N) is 2. The lowest BCUT2D eigenvalue weighted by Crippen LogP contribution is -2.41. The normalized spacial score (nSPS) is 21.8. The minimum absolute atomic E-state index is 0.406. The number of aliphatic hydroxyl groups excluding tert-OH is 1. The van der Waals surface area contributed by atoms with Gasteiger partial charge in [0.2, 0.25) is 0 Å². The molecule has 1 aromatic heterocycles. The van der Waals surface area contributed by atoms with Gasteiger partial charge in [0.05, 0.1) is 17.3 Å². The van der Waals surface area contributed by atoms with E-state index in [0.29, 0.717) is 12.4 Å². The molecule has 110 valence electrons. The zero-order valence-corrected chi connectivity index (χ0v) is 12.7. The minimum Gasteiger partial charge on any atom is -0.399 e. The maximum absolute atomic E-state index is 9.37. The first-order valence-corrected chi connectivity index (χ1v) is 6.80. The van der Waals surface area contributed by atoms with Crippen LogP contribution in [-0.2, 0) is 9.31 Å². The molecule has 1 aromatic rings. The molecule has 0 aromatic carbocycles. The van der Waals surface area contributed by atoms with Crippen molar-refractivity contribution in [2.24, 2.45) is 0 Å². The lowest BCUT2D eigenvalue weighted by Gasteiger charge is -2.32. The third kappa shape index (κ3) is 2.94. The van der Waals surface area contributed by atoms with Gasteiger partial charge in [0.15, 0.2) is 0 Å². The topological polar surface area (TPSA) is 76.5 Å². The minimum atomic E-state index is -0.516. The predicted octanol–water partition coefficient (Wildman–Crippen LogP) is 0.568. The van der Waals surface area contributed by atoms with Crippen molar-refractivity contribution in [2.45, 2.75) is 51.9 Å². The van der Waals surface area contributed by atoms with Crippen molar-refractivity contribution in [3.8, 4) is 0 Å². The fraction of sp³-hybridized carbons (Fsp3) is 0.692. The second kappa shape index (κ2) is 5.31. The molecule has 1 aliphatic heterocycles. The molecule has 0 unspecified atom stereocenters. The fourth-order valence-electron chi connectivity index (χ4n) is 1.87. The smallest absolute Gasteiger partial charge is 0.399 e. The summed E-state index contributed by atoms with van der Waals surface area (Å²) >= 11 is 0. The molecule has 0 bridgehead atoms. The number of rotatable bonds is 4. The Labute approximate surface area is 120 Å². The van der Waals surface area contributed by atoms with Gasteiger partial charge in [0.1, 0.15) is 12.1 Å². The average Bonchev–Trinajstić information content (AvgIpc) is 2.56. The Balaban J connectivity index is 2.22. The Morgan fingerprint density at radius 2 is 1.90 bits per heavy atom. The van der Waals surface area contributed by atoms with E-state index in [4.69, 9.17) is 9.31 Å². The summed E-state index contributed by atoms with van der Waals surface area (Å²) in [6.45, 7) is 10.1. The zero-order valence-electron chi connectivity index (χ0n) is 12.7. The summed E-state index contributed by atoms with van der Waals surface area (Å²) in [7, 11) is -0.516. The van der Waals surface area contributed by atoms with Crippen LogP contribution in [0, 0.1) is 0 Å². The van der Waals surface area contributed by atoms with Crippen LogP contribution in [0.2, 0.25) is 0 Å². The Bertz CT molecular complexity index is 464. The first-order chi connectivity index (χ1) is 9.23. The van der Waals surface area contributed by atoms with Gasteiger partial charge in [-0.05, 0) is 34.6 Å². The average molecular weight is 279 g/mol. The van der Waals surface area contributed by atoms with Gasteiger partial charge in [-0.25, -0.2) is 9.97 Å². The fourth-order valence-corrected chi connectivity index (χ4v) is 1.87. The second-order valence-corrected chi connectivity index (χ2v) is 6.14. The van der Waals surface area contributed by atoms with Crippen LogP contribution in [0.5, 0.6) is 0 Å². The van der Waals surface area contributed by atoms with Crippen LogP contribution in [-0.4, -0.2) is 46.0 Å². The third-order valence-electron chi connectivity index (χ3n) is 3.81. The molecule has 7 heteroatoms. The number of hydrogen-bond donors (Lipinski definition) is 2. The summed E-state index contributed by atoms with van der Waals surface area (Å²) in [5.74, 6) is 0.624. The number of hydrogen-bond acceptors (Lipinski definition) is 6. The molecule has 0 radical (unpaired) electrons. The highest BCUT2D eigenvalue weighted by molar-refractivity contribution is 6.63. The molecule has 0 amide bonds. The van der Waals surface area contributed by atoms with E-state index in [0.717, 1.165) is 5.46 Å². The van der Waals surface area contributed by atoms with Crippen LogP contribution in [0.25, 0.3) is 0 Å². The number of aromatic nitrogens is 2. The zero-order chi connectivity index (χ0) is 15.0. The van der Waals surface area contributed by atoms with E-state index >= 15 is 0 Å². The van der Waals surface area contributed by atoms with Crippen molar-refractivity contribution >= 4 is 18.4 Å². The second-order valence-electron chi connectivity index (χ2n) is 6.14. The van der Waals surface area contributed by atoms with Gasteiger partial charge >= 0.3 is 7.12 Å². The molecule has 6 nitrogen and oxygen atoms in total. The molecule has 1 aliphatic rings. The molecule has 1 saturated heterocycles.